The molecular formula is C23H44O5. The third-order valence-corrected chi connectivity index (χ3v) is 5.49. The number of rotatable bonds is 18. The Morgan fingerprint density at radius 1 is 0.893 bits per heavy atom. The van der Waals surface area contributed by atoms with Gasteiger partial charge in [-0.3, -0.25) is 0 Å². The maximum absolute atomic E-state index is 9.83. The van der Waals surface area contributed by atoms with Gasteiger partial charge < -0.3 is 24.8 Å². The second kappa shape index (κ2) is 17.4. The van der Waals surface area contributed by atoms with E-state index in [1.165, 1.54) is 64.2 Å². The van der Waals surface area contributed by atoms with Crippen molar-refractivity contribution in [3.8, 4) is 0 Å². The molecule has 0 aromatic heterocycles. The van der Waals surface area contributed by atoms with E-state index >= 15 is 0 Å². The van der Waals surface area contributed by atoms with Gasteiger partial charge in [-0.15, -0.1) is 0 Å². The second-order valence-electron chi connectivity index (χ2n) is 8.01. The fourth-order valence-corrected chi connectivity index (χ4v) is 3.68. The molecule has 0 amide bonds. The van der Waals surface area contributed by atoms with E-state index in [2.05, 4.69) is 19.1 Å². The number of ether oxygens (including phenoxy) is 2. The van der Waals surface area contributed by atoms with Crippen LogP contribution in [0, 0.1) is 0 Å². The topological polar surface area (TPSA) is 79.2 Å². The molecule has 0 spiro atoms. The Labute approximate surface area is 172 Å². The minimum absolute atomic E-state index is 0.0992. The van der Waals surface area contributed by atoms with Crippen LogP contribution in [-0.4, -0.2) is 59.6 Å². The Balaban J connectivity index is 1.84. The number of aliphatic hydroxyl groups excluding tert-OH is 3. The Morgan fingerprint density at radius 3 is 1.96 bits per heavy atom. The summed E-state index contributed by atoms with van der Waals surface area (Å²) < 4.78 is 11.0. The van der Waals surface area contributed by atoms with Gasteiger partial charge in [0.15, 0.2) is 0 Å². The normalized spacial score (nSPS) is 23.6. The van der Waals surface area contributed by atoms with E-state index in [-0.39, 0.29) is 13.2 Å². The highest BCUT2D eigenvalue weighted by Crippen LogP contribution is 2.20. The molecule has 0 bridgehead atoms. The summed E-state index contributed by atoms with van der Waals surface area (Å²) in [6, 6.07) is 0. The number of aliphatic hydroxyl groups is 3. The average Bonchev–Trinajstić information content (AvgIpc) is 3.03. The third-order valence-electron chi connectivity index (χ3n) is 5.49. The van der Waals surface area contributed by atoms with E-state index in [0.29, 0.717) is 6.61 Å². The Hall–Kier alpha value is -0.460. The van der Waals surface area contributed by atoms with Gasteiger partial charge in [-0.2, -0.15) is 0 Å². The summed E-state index contributed by atoms with van der Waals surface area (Å²) in [5.41, 5.74) is 0. The van der Waals surface area contributed by atoms with Gasteiger partial charge in [-0.05, 0) is 25.7 Å². The monoisotopic (exact) mass is 400 g/mol. The first-order valence-electron chi connectivity index (χ1n) is 11.6. The molecule has 166 valence electrons. The summed E-state index contributed by atoms with van der Waals surface area (Å²) in [5, 5.41) is 28.8. The van der Waals surface area contributed by atoms with E-state index in [0.717, 1.165) is 19.3 Å². The van der Waals surface area contributed by atoms with E-state index < -0.39 is 24.4 Å². The number of hydrogen-bond acceptors (Lipinski definition) is 5. The molecule has 1 fully saturated rings. The summed E-state index contributed by atoms with van der Waals surface area (Å²) in [6.45, 7) is 2.63. The van der Waals surface area contributed by atoms with Crippen LogP contribution in [0.5, 0.6) is 0 Å². The maximum Gasteiger partial charge on any atom is 0.114 e. The molecule has 3 N–H and O–H groups in total. The minimum atomic E-state index is -0.977. The summed E-state index contributed by atoms with van der Waals surface area (Å²) in [6.07, 6.45) is 18.0. The predicted molar refractivity (Wildman–Crippen MR) is 113 cm³/mol. The van der Waals surface area contributed by atoms with Crippen molar-refractivity contribution in [2.24, 2.45) is 0 Å². The van der Waals surface area contributed by atoms with Crippen molar-refractivity contribution in [1.82, 2.24) is 0 Å². The first kappa shape index (κ1) is 25.6. The van der Waals surface area contributed by atoms with Gasteiger partial charge in [-0.25, -0.2) is 0 Å². The molecule has 1 aliphatic rings. The van der Waals surface area contributed by atoms with Gasteiger partial charge in [0.2, 0.25) is 0 Å². The van der Waals surface area contributed by atoms with Crippen LogP contribution in [0.4, 0.5) is 0 Å². The third kappa shape index (κ3) is 11.5. The summed E-state index contributed by atoms with van der Waals surface area (Å²) >= 11 is 0. The van der Waals surface area contributed by atoms with E-state index in [1.54, 1.807) is 0 Å². The molecule has 1 rings (SSSR count). The molecular weight excluding hydrogens is 356 g/mol. The van der Waals surface area contributed by atoms with Crippen LogP contribution in [-0.2, 0) is 9.47 Å². The first-order valence-corrected chi connectivity index (χ1v) is 11.6. The van der Waals surface area contributed by atoms with Gasteiger partial charge in [0, 0.05) is 6.61 Å². The molecule has 0 saturated carbocycles. The van der Waals surface area contributed by atoms with Crippen molar-refractivity contribution < 1.29 is 24.8 Å². The smallest absolute Gasteiger partial charge is 0.114 e. The van der Waals surface area contributed by atoms with Crippen LogP contribution < -0.4 is 0 Å². The lowest BCUT2D eigenvalue weighted by Crippen LogP contribution is -2.42. The second-order valence-corrected chi connectivity index (χ2v) is 8.01. The summed E-state index contributed by atoms with van der Waals surface area (Å²) in [5.74, 6) is 0. The van der Waals surface area contributed by atoms with Crippen molar-refractivity contribution >= 4 is 0 Å². The number of hydrogen-bond donors (Lipinski definition) is 3. The highest BCUT2D eigenvalue weighted by molar-refractivity contribution is 4.88. The van der Waals surface area contributed by atoms with Crippen LogP contribution in [0.3, 0.4) is 0 Å². The molecule has 1 saturated heterocycles. The highest BCUT2D eigenvalue weighted by Gasteiger charge is 2.40. The lowest BCUT2D eigenvalue weighted by atomic mass is 10.0. The van der Waals surface area contributed by atoms with Gasteiger partial charge >= 0.3 is 0 Å². The quantitative estimate of drug-likeness (QED) is 0.238. The van der Waals surface area contributed by atoms with Crippen molar-refractivity contribution in [3.63, 3.8) is 0 Å². The molecule has 1 aliphatic heterocycles. The van der Waals surface area contributed by atoms with Crippen molar-refractivity contribution in [3.05, 3.63) is 12.2 Å². The fourth-order valence-electron chi connectivity index (χ4n) is 3.68. The summed E-state index contributed by atoms with van der Waals surface area (Å²) in [7, 11) is 0. The van der Waals surface area contributed by atoms with Crippen LogP contribution in [0.2, 0.25) is 0 Å². The molecule has 5 heteroatoms. The molecule has 0 aromatic carbocycles. The molecule has 0 radical (unpaired) electrons. The van der Waals surface area contributed by atoms with E-state index in [9.17, 15) is 15.3 Å². The molecule has 1 heterocycles. The average molecular weight is 401 g/mol. The van der Waals surface area contributed by atoms with Gasteiger partial charge in [0.1, 0.15) is 24.4 Å². The lowest BCUT2D eigenvalue weighted by Gasteiger charge is -2.24. The predicted octanol–water partition coefficient (Wildman–Crippen LogP) is 4.13. The Bertz CT molecular complexity index is 374. The Morgan fingerprint density at radius 2 is 1.46 bits per heavy atom. The molecule has 0 unspecified atom stereocenters. The molecule has 0 aromatic rings. The first-order chi connectivity index (χ1) is 13.7. The molecule has 28 heavy (non-hydrogen) atoms. The van der Waals surface area contributed by atoms with E-state index in [4.69, 9.17) is 9.47 Å². The molecule has 4 atom stereocenters. The summed E-state index contributed by atoms with van der Waals surface area (Å²) in [4.78, 5) is 0. The van der Waals surface area contributed by atoms with Gasteiger partial charge in [0.25, 0.3) is 0 Å². The Kier molecular flexibility index (Phi) is 15.9. The van der Waals surface area contributed by atoms with E-state index in [1.807, 2.05) is 0 Å². The fraction of sp³-hybridized carbons (Fsp3) is 0.913. The van der Waals surface area contributed by atoms with Crippen LogP contribution in [0.15, 0.2) is 12.2 Å². The highest BCUT2D eigenvalue weighted by atomic mass is 16.6. The van der Waals surface area contributed by atoms with Crippen molar-refractivity contribution in [1.29, 1.82) is 0 Å². The van der Waals surface area contributed by atoms with Crippen LogP contribution in [0.25, 0.3) is 0 Å². The minimum Gasteiger partial charge on any atom is -0.394 e. The number of unbranched alkanes of at least 4 members (excludes halogenated alkanes) is 11. The lowest BCUT2D eigenvalue weighted by molar-refractivity contribution is -0.101. The van der Waals surface area contributed by atoms with Gasteiger partial charge in [0.05, 0.1) is 13.2 Å². The zero-order valence-corrected chi connectivity index (χ0v) is 17.9. The molecule has 0 aliphatic carbocycles. The van der Waals surface area contributed by atoms with Crippen molar-refractivity contribution in [2.45, 2.75) is 115 Å². The van der Waals surface area contributed by atoms with Gasteiger partial charge in [-0.1, -0.05) is 76.9 Å². The number of allylic oxidation sites excluding steroid dienone is 2. The van der Waals surface area contributed by atoms with Crippen LogP contribution in [0.1, 0.15) is 90.4 Å². The maximum atomic E-state index is 9.83. The standard InChI is InChI=1S/C23H44O5/c1-2-3-4-5-6-7-8-9-10-11-12-13-14-15-16-17-27-21(18-24)23-22(26)20(25)19-28-23/h3-4,20-26H,2,5-19H2,1H3/b4-3+/t20-,21+,22+,23+/m1/s1. The molecule has 5 nitrogen and oxygen atoms in total. The zero-order chi connectivity index (χ0) is 20.5. The van der Waals surface area contributed by atoms with Crippen LogP contribution >= 0.6 is 0 Å². The SMILES string of the molecule is CC/C=C/CCCCCCCCCCCCCO[C@@H](CO)[C@@H]1OC[C@@H](O)[C@@H]1O. The zero-order valence-electron chi connectivity index (χ0n) is 17.9. The van der Waals surface area contributed by atoms with Crippen molar-refractivity contribution in [2.75, 3.05) is 19.8 Å². The largest absolute Gasteiger partial charge is 0.394 e.